The molecule has 4 saturated carbocycles. The molecular weight excluding hydrogens is 264 g/mol. The van der Waals surface area contributed by atoms with Gasteiger partial charge in [-0.05, 0) is 67.8 Å². The first-order valence-corrected chi connectivity index (χ1v) is 8.11. The fourth-order valence-corrected chi connectivity index (χ4v) is 5.57. The molecule has 1 N–H and O–H groups in total. The van der Waals surface area contributed by atoms with Gasteiger partial charge in [0.15, 0.2) is 0 Å². The molecule has 0 radical (unpaired) electrons. The van der Waals surface area contributed by atoms with Gasteiger partial charge in [-0.15, -0.1) is 0 Å². The maximum Gasteiger partial charge on any atom is 0.292 e. The van der Waals surface area contributed by atoms with Gasteiger partial charge in [-0.25, -0.2) is 0 Å². The molecule has 1 aromatic rings. The van der Waals surface area contributed by atoms with Gasteiger partial charge < -0.3 is 5.32 Å². The van der Waals surface area contributed by atoms with Gasteiger partial charge in [0.1, 0.15) is 5.69 Å². The van der Waals surface area contributed by atoms with E-state index in [4.69, 9.17) is 0 Å². The molecule has 0 aliphatic heterocycles. The fourth-order valence-electron chi connectivity index (χ4n) is 5.57. The van der Waals surface area contributed by atoms with Crippen LogP contribution in [0, 0.1) is 33.3 Å². The highest BCUT2D eigenvalue weighted by Gasteiger charge is 2.50. The molecule has 5 rings (SSSR count). The molecule has 0 saturated heterocycles. The minimum atomic E-state index is -0.290. The third-order valence-corrected chi connectivity index (χ3v) is 5.92. The monoisotopic (exact) mass is 286 g/mol. The molecule has 4 heteroatoms. The second-order valence-electron chi connectivity index (χ2n) is 7.55. The molecule has 112 valence electrons. The molecule has 21 heavy (non-hydrogen) atoms. The molecule has 0 spiro atoms. The number of hydrogen-bond donors (Lipinski definition) is 1. The van der Waals surface area contributed by atoms with Crippen molar-refractivity contribution in [3.63, 3.8) is 0 Å². The quantitative estimate of drug-likeness (QED) is 0.666. The number of rotatable bonds is 4. The molecule has 4 aliphatic rings. The molecule has 4 aliphatic carbocycles. The van der Waals surface area contributed by atoms with Crippen molar-refractivity contribution >= 4 is 11.4 Å². The van der Waals surface area contributed by atoms with E-state index < -0.39 is 0 Å². The van der Waals surface area contributed by atoms with E-state index >= 15 is 0 Å². The molecule has 1 aromatic carbocycles. The van der Waals surface area contributed by atoms with Crippen molar-refractivity contribution < 1.29 is 4.92 Å². The van der Waals surface area contributed by atoms with Crippen LogP contribution in [-0.4, -0.2) is 11.5 Å². The Labute approximate surface area is 125 Å². The van der Waals surface area contributed by atoms with Crippen molar-refractivity contribution in [2.75, 3.05) is 11.9 Å². The maximum atomic E-state index is 11.1. The SMILES string of the molecule is O=[N+]([O-])c1ccccc1NCC12CC3CC(CC(C3)C1)C2. The summed E-state index contributed by atoms with van der Waals surface area (Å²) in [5.41, 5.74) is 1.28. The van der Waals surface area contributed by atoms with Gasteiger partial charge in [-0.2, -0.15) is 0 Å². The number of benzene rings is 1. The lowest BCUT2D eigenvalue weighted by atomic mass is 9.49. The van der Waals surface area contributed by atoms with Gasteiger partial charge in [0.05, 0.1) is 4.92 Å². The summed E-state index contributed by atoms with van der Waals surface area (Å²) in [5.74, 6) is 2.76. The van der Waals surface area contributed by atoms with E-state index in [1.165, 1.54) is 38.5 Å². The van der Waals surface area contributed by atoms with Gasteiger partial charge in [-0.3, -0.25) is 10.1 Å². The Kier molecular flexibility index (Phi) is 2.95. The van der Waals surface area contributed by atoms with Crippen LogP contribution in [0.25, 0.3) is 0 Å². The summed E-state index contributed by atoms with van der Waals surface area (Å²) < 4.78 is 0. The number of nitrogens with one attached hydrogen (secondary N) is 1. The molecule has 0 atom stereocenters. The third-order valence-electron chi connectivity index (χ3n) is 5.92. The summed E-state index contributed by atoms with van der Waals surface area (Å²) in [6.07, 6.45) is 8.28. The van der Waals surface area contributed by atoms with E-state index in [-0.39, 0.29) is 10.6 Å². The van der Waals surface area contributed by atoms with Gasteiger partial charge in [-0.1, -0.05) is 12.1 Å². The van der Waals surface area contributed by atoms with Crippen molar-refractivity contribution in [2.24, 2.45) is 23.2 Å². The van der Waals surface area contributed by atoms with Crippen LogP contribution in [0.2, 0.25) is 0 Å². The zero-order valence-electron chi connectivity index (χ0n) is 12.3. The Morgan fingerprint density at radius 3 is 2.24 bits per heavy atom. The zero-order valence-corrected chi connectivity index (χ0v) is 12.3. The van der Waals surface area contributed by atoms with Crippen LogP contribution in [0.1, 0.15) is 38.5 Å². The Morgan fingerprint density at radius 2 is 1.67 bits per heavy atom. The van der Waals surface area contributed by atoms with E-state index in [9.17, 15) is 10.1 Å². The number of nitrogens with zero attached hydrogens (tertiary/aromatic N) is 1. The minimum Gasteiger partial charge on any atom is -0.379 e. The lowest BCUT2D eigenvalue weighted by Gasteiger charge is -2.57. The van der Waals surface area contributed by atoms with Gasteiger partial charge in [0.2, 0.25) is 0 Å². The van der Waals surface area contributed by atoms with Crippen molar-refractivity contribution in [1.82, 2.24) is 0 Å². The van der Waals surface area contributed by atoms with Gasteiger partial charge >= 0.3 is 0 Å². The molecule has 0 amide bonds. The van der Waals surface area contributed by atoms with Crippen molar-refractivity contribution in [3.8, 4) is 0 Å². The number of para-hydroxylation sites is 2. The topological polar surface area (TPSA) is 55.2 Å². The lowest BCUT2D eigenvalue weighted by molar-refractivity contribution is -0.384. The molecule has 4 fully saturated rings. The highest BCUT2D eigenvalue weighted by Crippen LogP contribution is 2.59. The smallest absolute Gasteiger partial charge is 0.292 e. The highest BCUT2D eigenvalue weighted by molar-refractivity contribution is 5.61. The number of anilines is 1. The fraction of sp³-hybridized carbons (Fsp3) is 0.647. The average Bonchev–Trinajstić information content (AvgIpc) is 2.44. The number of hydrogen-bond acceptors (Lipinski definition) is 3. The normalized spacial score (nSPS) is 36.7. The van der Waals surface area contributed by atoms with E-state index in [0.29, 0.717) is 11.1 Å². The van der Waals surface area contributed by atoms with Crippen molar-refractivity contribution in [2.45, 2.75) is 38.5 Å². The predicted octanol–water partition coefficient (Wildman–Crippen LogP) is 4.22. The Bertz CT molecular complexity index is 534. The zero-order chi connectivity index (χ0) is 14.4. The Hall–Kier alpha value is -1.58. The van der Waals surface area contributed by atoms with Crippen LogP contribution in [0.15, 0.2) is 24.3 Å². The first kappa shape index (κ1) is 13.1. The summed E-state index contributed by atoms with van der Waals surface area (Å²) in [6, 6.07) is 7.02. The van der Waals surface area contributed by atoms with Crippen LogP contribution in [0.4, 0.5) is 11.4 Å². The highest BCUT2D eigenvalue weighted by atomic mass is 16.6. The largest absolute Gasteiger partial charge is 0.379 e. The standard InChI is InChI=1S/C17H22N2O2/c20-19(21)16-4-2-1-3-15(16)18-11-17-8-12-5-13(9-17)7-14(6-12)10-17/h1-4,12-14,18H,5-11H2. The van der Waals surface area contributed by atoms with Crippen molar-refractivity contribution in [3.05, 3.63) is 34.4 Å². The van der Waals surface area contributed by atoms with E-state index in [2.05, 4.69) is 5.32 Å². The first-order chi connectivity index (χ1) is 10.1. The molecule has 0 aromatic heterocycles. The minimum absolute atomic E-state index is 0.197. The molecule has 4 nitrogen and oxygen atoms in total. The summed E-state index contributed by atoms with van der Waals surface area (Å²) in [7, 11) is 0. The first-order valence-electron chi connectivity index (χ1n) is 8.11. The van der Waals surface area contributed by atoms with Gasteiger partial charge in [0, 0.05) is 12.6 Å². The predicted molar refractivity (Wildman–Crippen MR) is 82.2 cm³/mol. The summed E-state index contributed by atoms with van der Waals surface area (Å²) in [5, 5.41) is 14.5. The van der Waals surface area contributed by atoms with E-state index in [0.717, 1.165) is 24.3 Å². The average molecular weight is 286 g/mol. The van der Waals surface area contributed by atoms with Crippen molar-refractivity contribution in [1.29, 1.82) is 0 Å². The van der Waals surface area contributed by atoms with Crippen LogP contribution in [-0.2, 0) is 0 Å². The second kappa shape index (κ2) is 4.72. The summed E-state index contributed by atoms with van der Waals surface area (Å²) in [6.45, 7) is 0.904. The number of nitro benzene ring substituents is 1. The van der Waals surface area contributed by atoms with Gasteiger partial charge in [0.25, 0.3) is 5.69 Å². The Balaban J connectivity index is 1.51. The molecular formula is C17H22N2O2. The van der Waals surface area contributed by atoms with Crippen LogP contribution < -0.4 is 5.32 Å². The number of nitro groups is 1. The summed E-state index contributed by atoms with van der Waals surface area (Å²) >= 11 is 0. The molecule has 0 unspecified atom stereocenters. The molecule has 0 heterocycles. The lowest BCUT2D eigenvalue weighted by Crippen LogP contribution is -2.49. The van der Waals surface area contributed by atoms with Crippen LogP contribution in [0.5, 0.6) is 0 Å². The van der Waals surface area contributed by atoms with E-state index in [1.807, 2.05) is 12.1 Å². The summed E-state index contributed by atoms with van der Waals surface area (Å²) in [4.78, 5) is 10.8. The van der Waals surface area contributed by atoms with Crippen LogP contribution >= 0.6 is 0 Å². The van der Waals surface area contributed by atoms with Crippen LogP contribution in [0.3, 0.4) is 0 Å². The third kappa shape index (κ3) is 2.30. The second-order valence-corrected chi connectivity index (χ2v) is 7.55. The van der Waals surface area contributed by atoms with E-state index in [1.54, 1.807) is 12.1 Å². The maximum absolute atomic E-state index is 11.1. The molecule has 4 bridgehead atoms. The Morgan fingerprint density at radius 1 is 1.10 bits per heavy atom.